The molecule has 1 saturated heterocycles. The summed E-state index contributed by atoms with van der Waals surface area (Å²) in [6, 6.07) is 8.22. The number of aromatic nitrogens is 2. The van der Waals surface area contributed by atoms with Gasteiger partial charge in [0.2, 0.25) is 5.95 Å². The Hall–Kier alpha value is -1.66. The standard InChI is InChI=1S/C17H20BrN3O2/c1-22-15-5-3-2-4-14(15)17(6-8-23-9-7-17)12-21-16-19-10-13(18)11-20-16/h2-5,10-11H,6-9,12H2,1H3,(H,19,20,21). The molecule has 1 fully saturated rings. The zero-order chi connectivity index (χ0) is 16.1. The van der Waals surface area contributed by atoms with Gasteiger partial charge in [0.05, 0.1) is 11.6 Å². The van der Waals surface area contributed by atoms with Gasteiger partial charge in [-0.25, -0.2) is 9.97 Å². The van der Waals surface area contributed by atoms with Crippen molar-refractivity contribution in [2.45, 2.75) is 18.3 Å². The first-order valence-electron chi connectivity index (χ1n) is 7.66. The predicted octanol–water partition coefficient (Wildman–Crippen LogP) is 3.41. The molecule has 23 heavy (non-hydrogen) atoms. The lowest BCUT2D eigenvalue weighted by Gasteiger charge is -2.38. The van der Waals surface area contributed by atoms with Gasteiger partial charge in [0.1, 0.15) is 5.75 Å². The topological polar surface area (TPSA) is 56.3 Å². The molecule has 2 aromatic rings. The average Bonchev–Trinajstić information content (AvgIpc) is 2.62. The second-order valence-corrected chi connectivity index (χ2v) is 6.59. The average molecular weight is 378 g/mol. The highest BCUT2D eigenvalue weighted by Gasteiger charge is 2.36. The van der Waals surface area contributed by atoms with Crippen LogP contribution in [0.4, 0.5) is 5.95 Å². The molecular formula is C17H20BrN3O2. The molecule has 1 aliphatic rings. The molecule has 6 heteroatoms. The van der Waals surface area contributed by atoms with Crippen LogP contribution in [-0.4, -0.2) is 36.8 Å². The zero-order valence-electron chi connectivity index (χ0n) is 13.1. The summed E-state index contributed by atoms with van der Waals surface area (Å²) >= 11 is 3.35. The maximum absolute atomic E-state index is 5.59. The molecular weight excluding hydrogens is 358 g/mol. The lowest BCUT2D eigenvalue weighted by Crippen LogP contribution is -2.40. The van der Waals surface area contributed by atoms with Crippen LogP contribution >= 0.6 is 15.9 Å². The molecule has 1 aromatic heterocycles. The largest absolute Gasteiger partial charge is 0.496 e. The Bertz CT molecular complexity index is 643. The number of methoxy groups -OCH3 is 1. The molecule has 0 bridgehead atoms. The number of halogens is 1. The van der Waals surface area contributed by atoms with E-state index in [1.54, 1.807) is 19.5 Å². The number of anilines is 1. The molecule has 0 atom stereocenters. The highest BCUT2D eigenvalue weighted by Crippen LogP contribution is 2.39. The molecule has 0 aliphatic carbocycles. The number of hydrogen-bond acceptors (Lipinski definition) is 5. The van der Waals surface area contributed by atoms with Crippen molar-refractivity contribution in [1.29, 1.82) is 0 Å². The van der Waals surface area contributed by atoms with Crippen LogP contribution in [0.15, 0.2) is 41.1 Å². The van der Waals surface area contributed by atoms with Gasteiger partial charge in [-0.2, -0.15) is 0 Å². The van der Waals surface area contributed by atoms with Crippen molar-refractivity contribution >= 4 is 21.9 Å². The molecule has 2 heterocycles. The molecule has 122 valence electrons. The normalized spacial score (nSPS) is 16.8. The number of hydrogen-bond donors (Lipinski definition) is 1. The summed E-state index contributed by atoms with van der Waals surface area (Å²) in [6.45, 7) is 2.25. The minimum absolute atomic E-state index is 0.0404. The second-order valence-electron chi connectivity index (χ2n) is 5.67. The quantitative estimate of drug-likeness (QED) is 0.864. The predicted molar refractivity (Wildman–Crippen MR) is 92.9 cm³/mol. The van der Waals surface area contributed by atoms with Crippen molar-refractivity contribution < 1.29 is 9.47 Å². The zero-order valence-corrected chi connectivity index (χ0v) is 14.7. The van der Waals surface area contributed by atoms with Crippen LogP contribution in [0, 0.1) is 0 Å². The van der Waals surface area contributed by atoms with Crippen LogP contribution in [0.2, 0.25) is 0 Å². The molecule has 0 amide bonds. The van der Waals surface area contributed by atoms with E-state index < -0.39 is 0 Å². The molecule has 5 nitrogen and oxygen atoms in total. The van der Waals surface area contributed by atoms with Crippen LogP contribution in [0.25, 0.3) is 0 Å². The Balaban J connectivity index is 1.86. The van der Waals surface area contributed by atoms with Gasteiger partial charge in [0.25, 0.3) is 0 Å². The third-order valence-electron chi connectivity index (χ3n) is 4.33. The fourth-order valence-electron chi connectivity index (χ4n) is 3.04. The van der Waals surface area contributed by atoms with Gasteiger partial charge in [-0.15, -0.1) is 0 Å². The van der Waals surface area contributed by atoms with Gasteiger partial charge in [-0.05, 0) is 34.8 Å². The van der Waals surface area contributed by atoms with Crippen molar-refractivity contribution in [3.63, 3.8) is 0 Å². The van der Waals surface area contributed by atoms with Crippen LogP contribution in [-0.2, 0) is 10.2 Å². The van der Waals surface area contributed by atoms with E-state index in [-0.39, 0.29) is 5.41 Å². The lowest BCUT2D eigenvalue weighted by atomic mass is 9.73. The molecule has 1 aromatic carbocycles. The van der Waals surface area contributed by atoms with Crippen LogP contribution < -0.4 is 10.1 Å². The first-order chi connectivity index (χ1) is 11.2. The molecule has 0 unspecified atom stereocenters. The first-order valence-corrected chi connectivity index (χ1v) is 8.45. The minimum atomic E-state index is -0.0404. The molecule has 0 radical (unpaired) electrons. The molecule has 1 N–H and O–H groups in total. The van der Waals surface area contributed by atoms with Gasteiger partial charge in [-0.3, -0.25) is 0 Å². The molecule has 0 saturated carbocycles. The van der Waals surface area contributed by atoms with Gasteiger partial charge in [0, 0.05) is 43.1 Å². The van der Waals surface area contributed by atoms with E-state index in [2.05, 4.69) is 43.3 Å². The number of nitrogens with zero attached hydrogens (tertiary/aromatic N) is 2. The summed E-state index contributed by atoms with van der Waals surface area (Å²) in [6.07, 6.45) is 5.37. The minimum Gasteiger partial charge on any atom is -0.496 e. The van der Waals surface area contributed by atoms with E-state index >= 15 is 0 Å². The Morgan fingerprint density at radius 1 is 1.22 bits per heavy atom. The number of rotatable bonds is 5. The van der Waals surface area contributed by atoms with E-state index in [0.717, 1.165) is 42.8 Å². The van der Waals surface area contributed by atoms with Gasteiger partial charge < -0.3 is 14.8 Å². The van der Waals surface area contributed by atoms with E-state index in [9.17, 15) is 0 Å². The summed E-state index contributed by atoms with van der Waals surface area (Å²) in [5.74, 6) is 1.56. The van der Waals surface area contributed by atoms with Crippen LogP contribution in [0.3, 0.4) is 0 Å². The van der Waals surface area contributed by atoms with Crippen molar-refractivity contribution in [2.24, 2.45) is 0 Å². The maximum atomic E-state index is 5.59. The Morgan fingerprint density at radius 2 is 1.91 bits per heavy atom. The summed E-state index contributed by atoms with van der Waals surface area (Å²) in [4.78, 5) is 8.60. The number of ether oxygens (including phenoxy) is 2. The van der Waals surface area contributed by atoms with Gasteiger partial charge >= 0.3 is 0 Å². The highest BCUT2D eigenvalue weighted by molar-refractivity contribution is 9.10. The van der Waals surface area contributed by atoms with Crippen molar-refractivity contribution in [1.82, 2.24) is 9.97 Å². The fourth-order valence-corrected chi connectivity index (χ4v) is 3.24. The third kappa shape index (κ3) is 3.64. The highest BCUT2D eigenvalue weighted by atomic mass is 79.9. The van der Waals surface area contributed by atoms with Gasteiger partial charge in [0.15, 0.2) is 0 Å². The first kappa shape index (κ1) is 16.2. The maximum Gasteiger partial charge on any atom is 0.222 e. The molecule has 1 aliphatic heterocycles. The number of nitrogens with one attached hydrogen (secondary N) is 1. The van der Waals surface area contributed by atoms with Crippen molar-refractivity contribution in [3.05, 3.63) is 46.7 Å². The Labute approximate surface area is 144 Å². The van der Waals surface area contributed by atoms with E-state index in [0.29, 0.717) is 5.95 Å². The summed E-state index contributed by atoms with van der Waals surface area (Å²) in [5.41, 5.74) is 1.18. The molecule has 3 rings (SSSR count). The summed E-state index contributed by atoms with van der Waals surface area (Å²) < 4.78 is 12.0. The SMILES string of the molecule is COc1ccccc1C1(CNc2ncc(Br)cn2)CCOCC1. The fraction of sp³-hybridized carbons (Fsp3) is 0.412. The Kier molecular flexibility index (Phi) is 5.13. The molecule has 0 spiro atoms. The van der Waals surface area contributed by atoms with E-state index in [1.807, 2.05) is 12.1 Å². The summed E-state index contributed by atoms with van der Waals surface area (Å²) in [7, 11) is 1.72. The van der Waals surface area contributed by atoms with Crippen LogP contribution in [0.1, 0.15) is 18.4 Å². The number of benzene rings is 1. The van der Waals surface area contributed by atoms with Crippen molar-refractivity contribution in [2.75, 3.05) is 32.2 Å². The summed E-state index contributed by atoms with van der Waals surface area (Å²) in [5, 5.41) is 3.38. The van der Waals surface area contributed by atoms with Crippen LogP contribution in [0.5, 0.6) is 5.75 Å². The monoisotopic (exact) mass is 377 g/mol. The van der Waals surface area contributed by atoms with E-state index in [4.69, 9.17) is 9.47 Å². The number of para-hydroxylation sites is 1. The third-order valence-corrected chi connectivity index (χ3v) is 4.74. The van der Waals surface area contributed by atoms with E-state index in [1.165, 1.54) is 5.56 Å². The van der Waals surface area contributed by atoms with Gasteiger partial charge in [-0.1, -0.05) is 18.2 Å². The smallest absolute Gasteiger partial charge is 0.222 e. The van der Waals surface area contributed by atoms with Crippen molar-refractivity contribution in [3.8, 4) is 5.75 Å². The lowest BCUT2D eigenvalue weighted by molar-refractivity contribution is 0.0535. The Morgan fingerprint density at radius 3 is 2.61 bits per heavy atom. The second kappa shape index (κ2) is 7.27.